The fourth-order valence-electron chi connectivity index (χ4n) is 1.25. The molecule has 0 radical (unpaired) electrons. The van der Waals surface area contributed by atoms with Gasteiger partial charge >= 0.3 is 15.2 Å². The maximum atomic E-state index is 11.7. The summed E-state index contributed by atoms with van der Waals surface area (Å²) in [7, 11) is -9.66. The van der Waals surface area contributed by atoms with Crippen LogP contribution in [0.4, 0.5) is 0 Å². The maximum absolute atomic E-state index is 11.7. The predicted octanol–water partition coefficient (Wildman–Crippen LogP) is 2.74. The van der Waals surface area contributed by atoms with Gasteiger partial charge in [0.2, 0.25) is 4.35 Å². The van der Waals surface area contributed by atoms with Crippen LogP contribution in [-0.2, 0) is 9.13 Å². The van der Waals surface area contributed by atoms with E-state index < -0.39 is 19.5 Å². The molecule has 1 aromatic rings. The quantitative estimate of drug-likeness (QED) is 0.426. The molecule has 0 fully saturated rings. The van der Waals surface area contributed by atoms with Crippen molar-refractivity contribution in [3.63, 3.8) is 0 Å². The van der Waals surface area contributed by atoms with Crippen molar-refractivity contribution in [2.75, 3.05) is 6.26 Å². The van der Waals surface area contributed by atoms with Gasteiger partial charge in [-0.2, -0.15) is 0 Å². The van der Waals surface area contributed by atoms with Crippen molar-refractivity contribution in [2.24, 2.45) is 0 Å². The van der Waals surface area contributed by atoms with E-state index in [4.69, 9.17) is 14.3 Å². The molecular weight excluding hydrogens is 330 g/mol. The van der Waals surface area contributed by atoms with Crippen molar-refractivity contribution in [1.29, 1.82) is 0 Å². The lowest BCUT2D eigenvalue weighted by Crippen LogP contribution is -2.03. The first-order valence-electron chi connectivity index (χ1n) is 4.85. The molecule has 0 saturated heterocycles. The summed E-state index contributed by atoms with van der Waals surface area (Å²) in [6.07, 6.45) is 1.88. The van der Waals surface area contributed by atoms with E-state index in [2.05, 4.69) is 12.2 Å². The minimum absolute atomic E-state index is 0.0249. The van der Waals surface area contributed by atoms with Gasteiger partial charge < -0.3 is 19.2 Å². The summed E-state index contributed by atoms with van der Waals surface area (Å²) in [4.78, 5) is 28.0. The van der Waals surface area contributed by atoms with Crippen molar-refractivity contribution < 1.29 is 28.3 Å². The molecule has 0 saturated carbocycles. The van der Waals surface area contributed by atoms with Crippen LogP contribution in [0.2, 0.25) is 0 Å². The topological polar surface area (TPSA) is 104 Å². The summed E-state index contributed by atoms with van der Waals surface area (Å²) in [6.45, 7) is 1.78. The van der Waals surface area contributed by atoms with Crippen molar-refractivity contribution in [1.82, 2.24) is 0 Å². The van der Waals surface area contributed by atoms with Gasteiger partial charge in [-0.05, 0) is 36.9 Å². The number of thiocarbonyl (C=S) groups is 1. The molecule has 0 aliphatic heterocycles. The molecule has 106 valence electrons. The number of hydrogen-bond acceptors (Lipinski definition) is 5. The van der Waals surface area contributed by atoms with Crippen LogP contribution < -0.4 is 4.52 Å². The highest BCUT2D eigenvalue weighted by Gasteiger charge is 2.40. The van der Waals surface area contributed by atoms with Crippen molar-refractivity contribution >= 4 is 43.5 Å². The molecule has 1 unspecified atom stereocenters. The Labute approximate surface area is 119 Å². The molecule has 0 amide bonds. The summed E-state index contributed by atoms with van der Waals surface area (Å²) < 4.78 is 26.0. The van der Waals surface area contributed by atoms with Crippen LogP contribution in [-0.4, -0.2) is 25.3 Å². The maximum Gasteiger partial charge on any atom is 0.427 e. The van der Waals surface area contributed by atoms with Gasteiger partial charge in [0.15, 0.2) is 0 Å². The highest BCUT2D eigenvalue weighted by Crippen LogP contribution is 2.58. The fourth-order valence-corrected chi connectivity index (χ4v) is 3.87. The van der Waals surface area contributed by atoms with E-state index in [0.717, 1.165) is 10.5 Å². The van der Waals surface area contributed by atoms with Crippen LogP contribution in [0, 0.1) is 6.92 Å². The smallest absolute Gasteiger partial charge is 0.421 e. The van der Waals surface area contributed by atoms with Crippen LogP contribution in [0.1, 0.15) is 5.56 Å². The van der Waals surface area contributed by atoms with E-state index in [1.54, 1.807) is 13.0 Å². The van der Waals surface area contributed by atoms with Gasteiger partial charge in [0.1, 0.15) is 5.75 Å². The van der Waals surface area contributed by atoms with Crippen LogP contribution in [0.5, 0.6) is 5.75 Å². The van der Waals surface area contributed by atoms with E-state index >= 15 is 0 Å². The molecule has 10 heteroatoms. The first-order chi connectivity index (χ1) is 8.58. The molecule has 1 rings (SSSR count). The van der Waals surface area contributed by atoms with Crippen LogP contribution >= 0.6 is 39.2 Å². The second kappa shape index (κ2) is 6.06. The summed E-state index contributed by atoms with van der Waals surface area (Å²) in [5, 5.41) is 0. The van der Waals surface area contributed by atoms with Crippen molar-refractivity contribution in [2.45, 2.75) is 11.8 Å². The number of hydrogen-bond donors (Lipinski definition) is 3. The van der Waals surface area contributed by atoms with Gasteiger partial charge in [-0.1, -0.05) is 12.2 Å². The molecule has 19 heavy (non-hydrogen) atoms. The molecule has 0 spiro atoms. The number of aryl methyl sites for hydroxylation is 1. The highest BCUT2D eigenvalue weighted by molar-refractivity contribution is 8.16. The third kappa shape index (κ3) is 4.39. The van der Waals surface area contributed by atoms with Crippen molar-refractivity contribution in [3.8, 4) is 5.75 Å². The summed E-state index contributed by atoms with van der Waals surface area (Å²) in [5.74, 6) is 0.0249. The highest BCUT2D eigenvalue weighted by atomic mass is 32.2. The zero-order valence-electron chi connectivity index (χ0n) is 10.0. The minimum Gasteiger partial charge on any atom is -0.421 e. The lowest BCUT2D eigenvalue weighted by atomic mass is 10.2. The zero-order chi connectivity index (χ0) is 14.8. The monoisotopic (exact) mass is 342 g/mol. The van der Waals surface area contributed by atoms with Gasteiger partial charge in [0, 0.05) is 4.90 Å². The standard InChI is InChI=1S/C9H12O6P2S2/c1-6-5-7(3-4-8(6)19-2)15-17(13,14)9(18)16(10,11)12/h3-5H,1-2H3,(H,13,14)(H2,10,11,12). The van der Waals surface area contributed by atoms with Gasteiger partial charge in [-0.25, -0.2) is 4.57 Å². The molecule has 0 heterocycles. The third-order valence-electron chi connectivity index (χ3n) is 2.09. The Morgan fingerprint density at radius 1 is 1.32 bits per heavy atom. The first-order valence-corrected chi connectivity index (χ1v) is 9.68. The average molecular weight is 342 g/mol. The summed E-state index contributed by atoms with van der Waals surface area (Å²) >= 11 is 5.80. The first kappa shape index (κ1) is 16.9. The number of thioether (sulfide) groups is 1. The Hall–Kier alpha value is -0.200. The molecule has 3 N–H and O–H groups in total. The predicted molar refractivity (Wildman–Crippen MR) is 78.1 cm³/mol. The molecule has 0 aliphatic carbocycles. The van der Waals surface area contributed by atoms with Crippen LogP contribution in [0.25, 0.3) is 0 Å². The molecule has 0 aromatic heterocycles. The van der Waals surface area contributed by atoms with E-state index in [0.29, 0.717) is 0 Å². The van der Waals surface area contributed by atoms with Crippen molar-refractivity contribution in [3.05, 3.63) is 23.8 Å². The van der Waals surface area contributed by atoms with E-state index in [-0.39, 0.29) is 5.75 Å². The Morgan fingerprint density at radius 2 is 1.89 bits per heavy atom. The Morgan fingerprint density at radius 3 is 2.32 bits per heavy atom. The Bertz CT molecular complexity index is 596. The number of rotatable bonds is 5. The number of benzene rings is 1. The van der Waals surface area contributed by atoms with Crippen LogP contribution in [0.15, 0.2) is 23.1 Å². The van der Waals surface area contributed by atoms with Gasteiger partial charge in [-0.15, -0.1) is 11.8 Å². The largest absolute Gasteiger partial charge is 0.427 e. The van der Waals surface area contributed by atoms with Crippen LogP contribution in [0.3, 0.4) is 0 Å². The molecule has 0 aliphatic rings. The normalized spacial score (nSPS) is 14.8. The fraction of sp³-hybridized carbons (Fsp3) is 0.222. The Kier molecular flexibility index (Phi) is 5.37. The van der Waals surface area contributed by atoms with E-state index in [1.807, 2.05) is 6.26 Å². The molecule has 0 bridgehead atoms. The minimum atomic E-state index is -4.95. The SMILES string of the molecule is CSc1ccc(OP(=O)(O)C(=S)P(=O)(O)O)cc1C. The Balaban J connectivity index is 3.03. The second-order valence-electron chi connectivity index (χ2n) is 3.57. The van der Waals surface area contributed by atoms with E-state index in [9.17, 15) is 14.0 Å². The zero-order valence-corrected chi connectivity index (χ0v) is 13.4. The van der Waals surface area contributed by atoms with E-state index in [1.165, 1.54) is 23.9 Å². The molecular formula is C9H12O6P2S2. The van der Waals surface area contributed by atoms with Gasteiger partial charge in [0.05, 0.1) is 0 Å². The summed E-state index contributed by atoms with van der Waals surface area (Å²) in [5.41, 5.74) is 0.812. The van der Waals surface area contributed by atoms with Gasteiger partial charge in [-0.3, -0.25) is 4.57 Å². The van der Waals surface area contributed by atoms with Gasteiger partial charge in [0.25, 0.3) is 0 Å². The second-order valence-corrected chi connectivity index (χ2v) is 8.99. The molecule has 6 nitrogen and oxygen atoms in total. The molecule has 1 aromatic carbocycles. The summed E-state index contributed by atoms with van der Waals surface area (Å²) in [6, 6.07) is 4.61. The lowest BCUT2D eigenvalue weighted by Gasteiger charge is -2.15. The lowest BCUT2D eigenvalue weighted by molar-refractivity contribution is 0.385. The third-order valence-corrected chi connectivity index (χ3v) is 7.37. The molecule has 1 atom stereocenters. The average Bonchev–Trinajstić information content (AvgIpc) is 2.26.